The molecule has 5 heteroatoms. The van der Waals surface area contributed by atoms with Crippen molar-refractivity contribution >= 4 is 15.9 Å². The Morgan fingerprint density at radius 1 is 1.30 bits per heavy atom. The Morgan fingerprint density at radius 3 is 2.80 bits per heavy atom. The highest BCUT2D eigenvalue weighted by Gasteiger charge is 2.15. The lowest BCUT2D eigenvalue weighted by atomic mass is 10.2. The van der Waals surface area contributed by atoms with Crippen molar-refractivity contribution in [2.45, 2.75) is 25.9 Å². The molecule has 1 N–H and O–H groups in total. The number of ether oxygens (including phenoxy) is 2. The lowest BCUT2D eigenvalue weighted by Gasteiger charge is -2.19. The van der Waals surface area contributed by atoms with Crippen LogP contribution in [0.5, 0.6) is 11.5 Å². The van der Waals surface area contributed by atoms with Gasteiger partial charge < -0.3 is 19.7 Å². The lowest BCUT2D eigenvalue weighted by Crippen LogP contribution is -2.35. The number of nitrogens with zero attached hydrogens (tertiary/aromatic N) is 1. The number of likely N-dealkylation sites (N-methyl/N-ethyl adjacent to an activating group) is 1. The summed E-state index contributed by atoms with van der Waals surface area (Å²) < 4.78 is 12.4. The monoisotopic (exact) mass is 342 g/mol. The molecule has 0 radical (unpaired) electrons. The van der Waals surface area contributed by atoms with Crippen molar-refractivity contribution in [2.75, 3.05) is 33.9 Å². The molecule has 1 aromatic rings. The molecule has 0 fully saturated rings. The van der Waals surface area contributed by atoms with Crippen LogP contribution >= 0.6 is 15.9 Å². The third kappa shape index (κ3) is 4.36. The fourth-order valence-electron chi connectivity index (χ4n) is 2.29. The molecule has 1 aromatic carbocycles. The summed E-state index contributed by atoms with van der Waals surface area (Å²) in [6.07, 6.45) is 0.925. The minimum absolute atomic E-state index is 0.444. The van der Waals surface area contributed by atoms with E-state index in [1.165, 1.54) is 5.56 Å². The molecule has 1 atom stereocenters. The molecule has 1 heterocycles. The van der Waals surface area contributed by atoms with Crippen LogP contribution in [-0.4, -0.2) is 44.8 Å². The molecule has 4 nitrogen and oxygen atoms in total. The van der Waals surface area contributed by atoms with Crippen LogP contribution in [0.15, 0.2) is 16.6 Å². The van der Waals surface area contributed by atoms with Gasteiger partial charge in [0.05, 0.1) is 17.7 Å². The Bertz CT molecular complexity index is 452. The molecule has 0 aromatic heterocycles. The van der Waals surface area contributed by atoms with E-state index in [9.17, 15) is 0 Å². The number of fused-ring (bicyclic) bond motifs is 1. The van der Waals surface area contributed by atoms with Gasteiger partial charge in [0.1, 0.15) is 0 Å². The van der Waals surface area contributed by atoms with Gasteiger partial charge in [0.25, 0.3) is 0 Å². The summed E-state index contributed by atoms with van der Waals surface area (Å²) in [5.41, 5.74) is 1.20. The molecular weight excluding hydrogens is 320 g/mol. The van der Waals surface area contributed by atoms with Crippen LogP contribution in [0.25, 0.3) is 0 Å². The first-order valence-corrected chi connectivity index (χ1v) is 7.81. The zero-order chi connectivity index (χ0) is 14.5. The van der Waals surface area contributed by atoms with Crippen molar-refractivity contribution in [3.8, 4) is 11.5 Å². The van der Waals surface area contributed by atoms with Crippen molar-refractivity contribution in [1.82, 2.24) is 10.2 Å². The van der Waals surface area contributed by atoms with E-state index in [4.69, 9.17) is 9.47 Å². The van der Waals surface area contributed by atoms with Crippen molar-refractivity contribution in [3.63, 3.8) is 0 Å². The van der Waals surface area contributed by atoms with Crippen molar-refractivity contribution in [3.05, 3.63) is 22.2 Å². The molecule has 2 rings (SSSR count). The fraction of sp³-hybridized carbons (Fsp3) is 0.600. The highest BCUT2D eigenvalue weighted by Crippen LogP contribution is 2.38. The molecule has 0 amide bonds. The van der Waals surface area contributed by atoms with Gasteiger partial charge in [-0.2, -0.15) is 0 Å². The van der Waals surface area contributed by atoms with E-state index in [0.717, 1.165) is 35.5 Å². The maximum absolute atomic E-state index is 5.75. The highest BCUT2D eigenvalue weighted by atomic mass is 79.9. The second-order valence-corrected chi connectivity index (χ2v) is 6.35. The smallest absolute Gasteiger partial charge is 0.175 e. The zero-order valence-electron chi connectivity index (χ0n) is 12.4. The number of benzene rings is 1. The fourth-order valence-corrected chi connectivity index (χ4v) is 2.89. The predicted molar refractivity (Wildman–Crippen MR) is 84.6 cm³/mol. The van der Waals surface area contributed by atoms with E-state index in [-0.39, 0.29) is 0 Å². The lowest BCUT2D eigenvalue weighted by molar-refractivity contribution is 0.296. The summed E-state index contributed by atoms with van der Waals surface area (Å²) in [5, 5.41) is 3.52. The minimum atomic E-state index is 0.444. The molecule has 0 spiro atoms. The Morgan fingerprint density at radius 2 is 2.05 bits per heavy atom. The minimum Gasteiger partial charge on any atom is -0.490 e. The molecule has 112 valence electrons. The van der Waals surface area contributed by atoms with Crippen LogP contribution < -0.4 is 14.8 Å². The van der Waals surface area contributed by atoms with E-state index < -0.39 is 0 Å². The van der Waals surface area contributed by atoms with E-state index in [2.05, 4.69) is 59.3 Å². The van der Waals surface area contributed by atoms with Crippen molar-refractivity contribution in [1.29, 1.82) is 0 Å². The van der Waals surface area contributed by atoms with Gasteiger partial charge >= 0.3 is 0 Å². The van der Waals surface area contributed by atoms with Crippen LogP contribution in [0, 0.1) is 0 Å². The number of rotatable bonds is 5. The molecule has 0 aliphatic carbocycles. The van der Waals surface area contributed by atoms with Gasteiger partial charge in [0, 0.05) is 25.6 Å². The number of halogens is 1. The molecule has 1 aliphatic heterocycles. The second-order valence-electron chi connectivity index (χ2n) is 5.50. The Balaban J connectivity index is 2.02. The van der Waals surface area contributed by atoms with Gasteiger partial charge in [-0.15, -0.1) is 0 Å². The maximum Gasteiger partial charge on any atom is 0.175 e. The summed E-state index contributed by atoms with van der Waals surface area (Å²) in [6, 6.07) is 4.61. The summed E-state index contributed by atoms with van der Waals surface area (Å²) in [7, 11) is 4.17. The molecule has 20 heavy (non-hydrogen) atoms. The summed E-state index contributed by atoms with van der Waals surface area (Å²) in [4.78, 5) is 2.18. The Labute approximate surface area is 129 Å². The predicted octanol–water partition coefficient (Wildman–Crippen LogP) is 2.65. The first-order valence-electron chi connectivity index (χ1n) is 7.02. The van der Waals surface area contributed by atoms with E-state index >= 15 is 0 Å². The molecular formula is C15H23BrN2O2. The Kier molecular flexibility index (Phi) is 5.69. The first kappa shape index (κ1) is 15.6. The van der Waals surface area contributed by atoms with Gasteiger partial charge in [0.2, 0.25) is 0 Å². The number of hydrogen-bond donors (Lipinski definition) is 1. The van der Waals surface area contributed by atoms with Gasteiger partial charge in [0.15, 0.2) is 11.5 Å². The SMILES string of the molecule is CC(CN(C)C)NCc1cc(Br)c2c(c1)OCCCO2. The second kappa shape index (κ2) is 7.29. The van der Waals surface area contributed by atoms with Gasteiger partial charge in [-0.1, -0.05) is 0 Å². The van der Waals surface area contributed by atoms with Gasteiger partial charge in [-0.25, -0.2) is 0 Å². The van der Waals surface area contributed by atoms with E-state index in [1.54, 1.807) is 0 Å². The van der Waals surface area contributed by atoms with Crippen LogP contribution in [-0.2, 0) is 6.54 Å². The largest absolute Gasteiger partial charge is 0.490 e. The standard InChI is InChI=1S/C15H23BrN2O2/c1-11(10-18(2)3)17-9-12-7-13(16)15-14(8-12)19-5-4-6-20-15/h7-8,11,17H,4-6,9-10H2,1-3H3. The molecule has 0 saturated heterocycles. The van der Waals surface area contributed by atoms with Crippen LogP contribution in [0.4, 0.5) is 0 Å². The zero-order valence-corrected chi connectivity index (χ0v) is 14.0. The van der Waals surface area contributed by atoms with Crippen LogP contribution in [0.2, 0.25) is 0 Å². The van der Waals surface area contributed by atoms with Gasteiger partial charge in [-0.05, 0) is 54.6 Å². The number of nitrogens with one attached hydrogen (secondary N) is 1. The molecule has 0 saturated carbocycles. The van der Waals surface area contributed by atoms with Crippen LogP contribution in [0.1, 0.15) is 18.9 Å². The maximum atomic E-state index is 5.75. The van der Waals surface area contributed by atoms with Gasteiger partial charge in [-0.3, -0.25) is 0 Å². The molecule has 1 unspecified atom stereocenters. The topological polar surface area (TPSA) is 33.7 Å². The van der Waals surface area contributed by atoms with E-state index in [0.29, 0.717) is 19.3 Å². The van der Waals surface area contributed by atoms with E-state index in [1.807, 2.05) is 0 Å². The quantitative estimate of drug-likeness (QED) is 0.891. The average molecular weight is 343 g/mol. The highest BCUT2D eigenvalue weighted by molar-refractivity contribution is 9.10. The normalized spacial score (nSPS) is 16.1. The average Bonchev–Trinajstić information content (AvgIpc) is 2.61. The number of hydrogen-bond acceptors (Lipinski definition) is 4. The summed E-state index contributed by atoms with van der Waals surface area (Å²) in [6.45, 7) is 5.46. The third-order valence-electron chi connectivity index (χ3n) is 3.16. The van der Waals surface area contributed by atoms with Crippen molar-refractivity contribution < 1.29 is 9.47 Å². The third-order valence-corrected chi connectivity index (χ3v) is 3.74. The first-order chi connectivity index (χ1) is 9.56. The summed E-state index contributed by atoms with van der Waals surface area (Å²) in [5.74, 6) is 1.67. The summed E-state index contributed by atoms with van der Waals surface area (Å²) >= 11 is 3.57. The molecule has 0 bridgehead atoms. The van der Waals surface area contributed by atoms with Crippen LogP contribution in [0.3, 0.4) is 0 Å². The molecule has 1 aliphatic rings. The van der Waals surface area contributed by atoms with Crippen molar-refractivity contribution in [2.24, 2.45) is 0 Å². The Hall–Kier alpha value is -0.780.